The summed E-state index contributed by atoms with van der Waals surface area (Å²) in [6.07, 6.45) is 6.22. The molecule has 0 saturated carbocycles. The van der Waals surface area contributed by atoms with Crippen LogP contribution in [0.15, 0.2) is 106 Å². The zero-order chi connectivity index (χ0) is 22.6. The van der Waals surface area contributed by atoms with Gasteiger partial charge in [-0.15, -0.1) is 0 Å². The molecule has 0 aliphatic rings. The predicted octanol–water partition coefficient (Wildman–Crippen LogP) is 3.80. The van der Waals surface area contributed by atoms with E-state index in [9.17, 15) is 9.59 Å². The Morgan fingerprint density at radius 3 is 2.67 bits per heavy atom. The molecule has 0 fully saturated rings. The van der Waals surface area contributed by atoms with Crippen molar-refractivity contribution in [3.63, 3.8) is 0 Å². The number of benzene rings is 2. The highest BCUT2D eigenvalue weighted by molar-refractivity contribution is 5.95. The first-order valence-electron chi connectivity index (χ1n) is 10.1. The first kappa shape index (κ1) is 20.1. The minimum atomic E-state index is -0.513. The summed E-state index contributed by atoms with van der Waals surface area (Å²) in [7, 11) is 0. The van der Waals surface area contributed by atoms with Crippen LogP contribution < -0.4 is 11.1 Å². The Morgan fingerprint density at radius 1 is 1.03 bits per heavy atom. The fourth-order valence-electron chi connectivity index (χ4n) is 3.35. The topological polar surface area (TPSA) is 102 Å². The normalized spacial score (nSPS) is 11.2. The Hall–Kier alpha value is -4.85. The minimum Gasteiger partial charge on any atom is -0.422 e. The van der Waals surface area contributed by atoms with Crippen LogP contribution in [0.1, 0.15) is 15.9 Å². The molecule has 0 unspecified atom stereocenters. The highest BCUT2D eigenvalue weighted by Gasteiger charge is 2.16. The number of amides is 1. The van der Waals surface area contributed by atoms with E-state index in [0.717, 1.165) is 11.1 Å². The van der Waals surface area contributed by atoms with Gasteiger partial charge in [0, 0.05) is 29.5 Å². The second-order valence-corrected chi connectivity index (χ2v) is 7.14. The number of nitrogens with one attached hydrogen (secondary N) is 1. The number of pyridine rings is 1. The van der Waals surface area contributed by atoms with Crippen molar-refractivity contribution in [1.82, 2.24) is 20.2 Å². The van der Waals surface area contributed by atoms with Gasteiger partial charge in [-0.25, -0.2) is 14.9 Å². The largest absolute Gasteiger partial charge is 0.422 e. The molecule has 0 saturated heterocycles. The first-order chi connectivity index (χ1) is 16.2. The molecule has 33 heavy (non-hydrogen) atoms. The third-order valence-electron chi connectivity index (χ3n) is 4.95. The number of rotatable bonds is 5. The van der Waals surface area contributed by atoms with E-state index in [1.54, 1.807) is 47.4 Å². The molecular weight excluding hydrogens is 418 g/mol. The van der Waals surface area contributed by atoms with Crippen molar-refractivity contribution >= 4 is 23.1 Å². The number of carbonyl (C=O) groups is 1. The van der Waals surface area contributed by atoms with Crippen LogP contribution in [0.5, 0.6) is 0 Å². The zero-order valence-electron chi connectivity index (χ0n) is 17.3. The van der Waals surface area contributed by atoms with Gasteiger partial charge >= 0.3 is 5.63 Å². The molecule has 8 nitrogen and oxygen atoms in total. The van der Waals surface area contributed by atoms with Crippen LogP contribution in [-0.4, -0.2) is 26.9 Å². The van der Waals surface area contributed by atoms with Crippen LogP contribution >= 0.6 is 0 Å². The van der Waals surface area contributed by atoms with Gasteiger partial charge in [0.2, 0.25) is 0 Å². The van der Waals surface area contributed by atoms with Gasteiger partial charge in [-0.3, -0.25) is 9.78 Å². The van der Waals surface area contributed by atoms with E-state index < -0.39 is 11.5 Å². The molecule has 8 heteroatoms. The summed E-state index contributed by atoms with van der Waals surface area (Å²) >= 11 is 0. The molecule has 1 N–H and O–H groups in total. The molecule has 0 aliphatic heterocycles. The van der Waals surface area contributed by atoms with Gasteiger partial charge in [-0.05, 0) is 36.4 Å². The zero-order valence-corrected chi connectivity index (χ0v) is 17.3. The Balaban J connectivity index is 1.55. The fraction of sp³-hybridized carbons (Fsp3) is 0. The fourth-order valence-corrected chi connectivity index (χ4v) is 3.35. The molecule has 0 spiro atoms. The van der Waals surface area contributed by atoms with Crippen LogP contribution in [-0.2, 0) is 0 Å². The maximum Gasteiger partial charge on any atom is 0.345 e. The standard InChI is InChI=1S/C25H17N5O3/c31-24(18-8-6-12-26-14-18)28-27-15-19-16-30(20-9-2-1-3-10-20)29-23(19)21-13-17-7-4-5-11-22(17)33-25(21)32/h1-16H,(H,28,31). The van der Waals surface area contributed by atoms with Crippen molar-refractivity contribution in [2.75, 3.05) is 0 Å². The van der Waals surface area contributed by atoms with Crippen molar-refractivity contribution < 1.29 is 9.21 Å². The van der Waals surface area contributed by atoms with E-state index >= 15 is 0 Å². The van der Waals surface area contributed by atoms with Gasteiger partial charge < -0.3 is 4.42 Å². The second-order valence-electron chi connectivity index (χ2n) is 7.14. The molecule has 0 atom stereocenters. The summed E-state index contributed by atoms with van der Waals surface area (Å²) in [6, 6.07) is 21.8. The monoisotopic (exact) mass is 435 g/mol. The molecule has 2 aromatic carbocycles. The van der Waals surface area contributed by atoms with Crippen LogP contribution in [0.2, 0.25) is 0 Å². The van der Waals surface area contributed by atoms with Gasteiger partial charge in [0.25, 0.3) is 5.91 Å². The van der Waals surface area contributed by atoms with E-state index in [1.165, 1.54) is 12.4 Å². The van der Waals surface area contributed by atoms with Gasteiger partial charge in [-0.1, -0.05) is 36.4 Å². The molecule has 0 bridgehead atoms. The van der Waals surface area contributed by atoms with Gasteiger partial charge in [0.05, 0.1) is 23.0 Å². The van der Waals surface area contributed by atoms with Crippen LogP contribution in [0.4, 0.5) is 0 Å². The number of hydrogen-bond acceptors (Lipinski definition) is 6. The SMILES string of the molecule is O=C(NN=Cc1cn(-c2ccccc2)nc1-c1cc2ccccc2oc1=O)c1cccnc1. The summed E-state index contributed by atoms with van der Waals surface area (Å²) in [4.78, 5) is 29.0. The first-order valence-corrected chi connectivity index (χ1v) is 10.1. The molecule has 5 rings (SSSR count). The lowest BCUT2D eigenvalue weighted by atomic mass is 10.1. The molecule has 0 aliphatic carbocycles. The quantitative estimate of drug-likeness (QED) is 0.257. The lowest BCUT2D eigenvalue weighted by Gasteiger charge is -2.02. The predicted molar refractivity (Wildman–Crippen MR) is 124 cm³/mol. The molecule has 5 aromatic rings. The van der Waals surface area contributed by atoms with Crippen LogP contribution in [0.25, 0.3) is 27.9 Å². The molecule has 3 heterocycles. The molecule has 3 aromatic heterocycles. The Morgan fingerprint density at radius 2 is 1.85 bits per heavy atom. The minimum absolute atomic E-state index is 0.295. The number of para-hydroxylation sites is 2. The van der Waals surface area contributed by atoms with Gasteiger partial charge in [-0.2, -0.15) is 10.2 Å². The highest BCUT2D eigenvalue weighted by atomic mass is 16.4. The lowest BCUT2D eigenvalue weighted by molar-refractivity contribution is 0.0955. The second kappa shape index (κ2) is 8.72. The van der Waals surface area contributed by atoms with Crippen molar-refractivity contribution in [1.29, 1.82) is 0 Å². The summed E-state index contributed by atoms with van der Waals surface area (Å²) in [6.45, 7) is 0. The number of nitrogens with zero attached hydrogens (tertiary/aromatic N) is 4. The summed E-state index contributed by atoms with van der Waals surface area (Å²) in [5.74, 6) is -0.401. The van der Waals surface area contributed by atoms with Crippen molar-refractivity contribution in [2.45, 2.75) is 0 Å². The van der Waals surface area contributed by atoms with Crippen molar-refractivity contribution in [3.05, 3.63) is 113 Å². The van der Waals surface area contributed by atoms with E-state index in [0.29, 0.717) is 28.0 Å². The van der Waals surface area contributed by atoms with Crippen molar-refractivity contribution in [2.24, 2.45) is 5.10 Å². The van der Waals surface area contributed by atoms with E-state index in [2.05, 4.69) is 20.6 Å². The maximum absolute atomic E-state index is 12.8. The average Bonchev–Trinajstić information content (AvgIpc) is 3.28. The number of hydrogen-bond donors (Lipinski definition) is 1. The van der Waals surface area contributed by atoms with E-state index in [1.807, 2.05) is 42.5 Å². The Labute approximate surface area is 187 Å². The summed E-state index contributed by atoms with van der Waals surface area (Å²) < 4.78 is 7.14. The number of fused-ring (bicyclic) bond motifs is 1. The highest BCUT2D eigenvalue weighted by Crippen LogP contribution is 2.23. The van der Waals surface area contributed by atoms with E-state index in [-0.39, 0.29) is 0 Å². The molecule has 0 radical (unpaired) electrons. The number of carbonyl (C=O) groups excluding carboxylic acids is 1. The molecular formula is C25H17N5O3. The van der Waals surface area contributed by atoms with E-state index in [4.69, 9.17) is 4.42 Å². The Bertz CT molecular complexity index is 1520. The maximum atomic E-state index is 12.8. The van der Waals surface area contributed by atoms with Gasteiger partial charge in [0.1, 0.15) is 11.3 Å². The average molecular weight is 435 g/mol. The lowest BCUT2D eigenvalue weighted by Crippen LogP contribution is -2.17. The molecule has 1 amide bonds. The van der Waals surface area contributed by atoms with Crippen molar-refractivity contribution in [3.8, 4) is 16.9 Å². The van der Waals surface area contributed by atoms with Crippen LogP contribution in [0, 0.1) is 0 Å². The smallest absolute Gasteiger partial charge is 0.345 e. The molecule has 160 valence electrons. The van der Waals surface area contributed by atoms with Gasteiger partial charge in [0.15, 0.2) is 0 Å². The third-order valence-corrected chi connectivity index (χ3v) is 4.95. The third kappa shape index (κ3) is 4.17. The summed E-state index contributed by atoms with van der Waals surface area (Å²) in [5.41, 5.74) is 4.86. The Kier molecular flexibility index (Phi) is 5.30. The number of aromatic nitrogens is 3. The summed E-state index contributed by atoms with van der Waals surface area (Å²) in [5, 5.41) is 9.45. The number of hydrazone groups is 1. The van der Waals surface area contributed by atoms with Crippen LogP contribution in [0.3, 0.4) is 0 Å².